The first-order chi connectivity index (χ1) is 11.5. The standard InChI is InChI=1S/C15H22N6O2S/c1-3-9(2)6-18-13(16)21-15-20-11(8-24-15)12-5-4-10(23-12)7-19-14(17)22/h4-5,8-9H,3,6-7H2,1-2H3,(H3,17,19,22)(H3,16,18,20,21). The SMILES string of the molecule is CCC(C)CN=C(N)Nc1nc(-c2ccc(CNC(N)=O)o2)cs1. The first kappa shape index (κ1) is 17.8. The maximum Gasteiger partial charge on any atom is 0.312 e. The fourth-order valence-electron chi connectivity index (χ4n) is 1.76. The van der Waals surface area contributed by atoms with Crippen LogP contribution in [0.5, 0.6) is 0 Å². The van der Waals surface area contributed by atoms with Crippen LogP contribution in [0.4, 0.5) is 9.93 Å². The molecule has 0 radical (unpaired) electrons. The monoisotopic (exact) mass is 350 g/mol. The summed E-state index contributed by atoms with van der Waals surface area (Å²) in [5.74, 6) is 2.05. The van der Waals surface area contributed by atoms with E-state index in [-0.39, 0.29) is 6.54 Å². The maximum atomic E-state index is 10.7. The number of hydrogen-bond donors (Lipinski definition) is 4. The molecular formula is C15H22N6O2S. The van der Waals surface area contributed by atoms with E-state index in [1.807, 2.05) is 5.38 Å². The van der Waals surface area contributed by atoms with Crippen molar-refractivity contribution in [1.82, 2.24) is 10.3 Å². The molecule has 2 rings (SSSR count). The molecule has 2 amide bonds. The molecular weight excluding hydrogens is 328 g/mol. The second-order valence-corrected chi connectivity index (χ2v) is 6.24. The summed E-state index contributed by atoms with van der Waals surface area (Å²) >= 11 is 1.41. The number of carbonyl (C=O) groups is 1. The van der Waals surface area contributed by atoms with Gasteiger partial charge in [-0.15, -0.1) is 11.3 Å². The number of rotatable bonds is 7. The van der Waals surface area contributed by atoms with Crippen molar-refractivity contribution in [3.8, 4) is 11.5 Å². The fraction of sp³-hybridized carbons (Fsp3) is 0.400. The Balaban J connectivity index is 1.96. The number of nitrogens with two attached hydrogens (primary N) is 2. The van der Waals surface area contributed by atoms with Gasteiger partial charge in [-0.25, -0.2) is 9.78 Å². The number of aliphatic imine (C=N–C) groups is 1. The minimum Gasteiger partial charge on any atom is -0.458 e. The molecule has 9 heteroatoms. The molecule has 0 aromatic carbocycles. The number of hydrogen-bond acceptors (Lipinski definition) is 5. The van der Waals surface area contributed by atoms with Crippen LogP contribution in [0.2, 0.25) is 0 Å². The summed E-state index contributed by atoms with van der Waals surface area (Å²) in [6, 6.07) is 2.96. The second kappa shape index (κ2) is 8.34. The summed E-state index contributed by atoms with van der Waals surface area (Å²) in [7, 11) is 0. The number of aromatic nitrogens is 1. The molecule has 6 N–H and O–H groups in total. The number of nitrogens with one attached hydrogen (secondary N) is 2. The van der Waals surface area contributed by atoms with Crippen molar-refractivity contribution in [1.29, 1.82) is 0 Å². The van der Waals surface area contributed by atoms with E-state index in [2.05, 4.69) is 34.5 Å². The van der Waals surface area contributed by atoms with Gasteiger partial charge in [0.25, 0.3) is 0 Å². The van der Waals surface area contributed by atoms with E-state index in [4.69, 9.17) is 15.9 Å². The Labute approximate surface area is 144 Å². The van der Waals surface area contributed by atoms with Crippen molar-refractivity contribution < 1.29 is 9.21 Å². The van der Waals surface area contributed by atoms with Crippen LogP contribution in [0.25, 0.3) is 11.5 Å². The van der Waals surface area contributed by atoms with E-state index >= 15 is 0 Å². The molecule has 0 aliphatic carbocycles. The van der Waals surface area contributed by atoms with Crippen LogP contribution in [0.15, 0.2) is 26.9 Å². The number of guanidine groups is 1. The molecule has 0 aliphatic heterocycles. The zero-order valence-corrected chi connectivity index (χ0v) is 14.5. The number of amides is 2. The molecule has 0 saturated heterocycles. The van der Waals surface area contributed by atoms with Gasteiger partial charge in [-0.1, -0.05) is 20.3 Å². The van der Waals surface area contributed by atoms with Gasteiger partial charge in [-0.3, -0.25) is 4.99 Å². The predicted molar refractivity (Wildman–Crippen MR) is 95.8 cm³/mol. The zero-order valence-electron chi connectivity index (χ0n) is 13.7. The number of carbonyl (C=O) groups excluding carboxylic acids is 1. The zero-order chi connectivity index (χ0) is 17.5. The molecule has 2 aromatic rings. The van der Waals surface area contributed by atoms with Crippen LogP contribution in [-0.2, 0) is 6.54 Å². The summed E-state index contributed by atoms with van der Waals surface area (Å²) in [5, 5.41) is 7.94. The maximum absolute atomic E-state index is 10.7. The summed E-state index contributed by atoms with van der Waals surface area (Å²) in [6.07, 6.45) is 1.06. The lowest BCUT2D eigenvalue weighted by molar-refractivity contribution is 0.247. The normalized spacial score (nSPS) is 12.8. The van der Waals surface area contributed by atoms with E-state index in [1.54, 1.807) is 12.1 Å². The lowest BCUT2D eigenvalue weighted by atomic mass is 10.1. The lowest BCUT2D eigenvalue weighted by Gasteiger charge is -2.05. The Morgan fingerprint density at radius 3 is 2.96 bits per heavy atom. The van der Waals surface area contributed by atoms with E-state index < -0.39 is 6.03 Å². The van der Waals surface area contributed by atoms with Crippen LogP contribution >= 0.6 is 11.3 Å². The Morgan fingerprint density at radius 2 is 2.25 bits per heavy atom. The van der Waals surface area contributed by atoms with Crippen LogP contribution in [0, 0.1) is 5.92 Å². The minimum atomic E-state index is -0.597. The number of nitrogens with zero attached hydrogens (tertiary/aromatic N) is 2. The van der Waals surface area contributed by atoms with Gasteiger partial charge in [0.15, 0.2) is 16.9 Å². The largest absolute Gasteiger partial charge is 0.458 e. The van der Waals surface area contributed by atoms with Crippen LogP contribution in [-0.4, -0.2) is 23.5 Å². The molecule has 2 aromatic heterocycles. The van der Waals surface area contributed by atoms with Crippen molar-refractivity contribution in [2.75, 3.05) is 11.9 Å². The summed E-state index contributed by atoms with van der Waals surface area (Å²) in [5.41, 5.74) is 11.6. The van der Waals surface area contributed by atoms with Gasteiger partial charge in [0.1, 0.15) is 11.5 Å². The molecule has 8 nitrogen and oxygen atoms in total. The Morgan fingerprint density at radius 1 is 1.46 bits per heavy atom. The number of furan rings is 1. The Hall–Kier alpha value is -2.55. The molecule has 1 atom stereocenters. The third-order valence-corrected chi connectivity index (χ3v) is 4.12. The van der Waals surface area contributed by atoms with Crippen LogP contribution in [0.3, 0.4) is 0 Å². The number of urea groups is 1. The average molecular weight is 350 g/mol. The number of thiazole rings is 1. The first-order valence-corrected chi connectivity index (χ1v) is 8.50. The highest BCUT2D eigenvalue weighted by Gasteiger charge is 2.10. The summed E-state index contributed by atoms with van der Waals surface area (Å²) in [4.78, 5) is 19.4. The topological polar surface area (TPSA) is 132 Å². The van der Waals surface area contributed by atoms with Gasteiger partial charge in [-0.2, -0.15) is 0 Å². The van der Waals surface area contributed by atoms with Gasteiger partial charge < -0.3 is 26.5 Å². The summed E-state index contributed by atoms with van der Waals surface area (Å²) < 4.78 is 5.62. The molecule has 0 fully saturated rings. The van der Waals surface area contributed by atoms with Gasteiger partial charge in [0.05, 0.1) is 6.54 Å². The molecule has 2 heterocycles. The van der Waals surface area contributed by atoms with Gasteiger partial charge in [-0.05, 0) is 18.1 Å². The van der Waals surface area contributed by atoms with Gasteiger partial charge in [0, 0.05) is 11.9 Å². The van der Waals surface area contributed by atoms with E-state index in [1.165, 1.54) is 11.3 Å². The minimum absolute atomic E-state index is 0.236. The Kier molecular flexibility index (Phi) is 6.19. The van der Waals surface area contributed by atoms with E-state index in [0.717, 1.165) is 6.42 Å². The van der Waals surface area contributed by atoms with Crippen molar-refractivity contribution in [3.63, 3.8) is 0 Å². The van der Waals surface area contributed by atoms with Crippen molar-refractivity contribution in [2.24, 2.45) is 22.4 Å². The predicted octanol–water partition coefficient (Wildman–Crippen LogP) is 2.34. The number of primary amides is 1. The highest BCUT2D eigenvalue weighted by Crippen LogP contribution is 2.26. The third-order valence-electron chi connectivity index (χ3n) is 3.36. The summed E-state index contributed by atoms with van der Waals surface area (Å²) in [6.45, 7) is 5.16. The van der Waals surface area contributed by atoms with Crippen molar-refractivity contribution in [3.05, 3.63) is 23.3 Å². The molecule has 0 spiro atoms. The highest BCUT2D eigenvalue weighted by atomic mass is 32.1. The van der Waals surface area contributed by atoms with Gasteiger partial charge in [0.2, 0.25) is 0 Å². The fourth-order valence-corrected chi connectivity index (χ4v) is 2.47. The van der Waals surface area contributed by atoms with E-state index in [9.17, 15) is 4.79 Å². The molecule has 1 unspecified atom stereocenters. The van der Waals surface area contributed by atoms with Crippen LogP contribution < -0.4 is 22.1 Å². The van der Waals surface area contributed by atoms with Crippen molar-refractivity contribution >= 4 is 28.5 Å². The lowest BCUT2D eigenvalue weighted by Crippen LogP contribution is -2.28. The molecule has 130 valence electrons. The molecule has 0 aliphatic rings. The smallest absolute Gasteiger partial charge is 0.312 e. The Bertz CT molecular complexity index is 708. The third kappa shape index (κ3) is 5.27. The molecule has 0 bridgehead atoms. The second-order valence-electron chi connectivity index (χ2n) is 5.39. The van der Waals surface area contributed by atoms with Gasteiger partial charge >= 0.3 is 6.03 Å². The number of anilines is 1. The van der Waals surface area contributed by atoms with Crippen LogP contribution in [0.1, 0.15) is 26.0 Å². The average Bonchev–Trinajstić information content (AvgIpc) is 3.19. The van der Waals surface area contributed by atoms with Crippen molar-refractivity contribution in [2.45, 2.75) is 26.8 Å². The first-order valence-electron chi connectivity index (χ1n) is 7.62. The molecule has 0 saturated carbocycles. The highest BCUT2D eigenvalue weighted by molar-refractivity contribution is 7.14. The molecule has 24 heavy (non-hydrogen) atoms. The van der Waals surface area contributed by atoms with E-state index in [0.29, 0.717) is 40.8 Å². The quantitative estimate of drug-likeness (QED) is 0.449.